The minimum atomic E-state index is -0.305. The first-order valence-electron chi connectivity index (χ1n) is 7.34. The van der Waals surface area contributed by atoms with E-state index in [9.17, 15) is 4.79 Å². The summed E-state index contributed by atoms with van der Waals surface area (Å²) in [6.07, 6.45) is 1.42. The van der Waals surface area contributed by atoms with Crippen molar-refractivity contribution in [2.75, 3.05) is 19.6 Å². The zero-order chi connectivity index (χ0) is 14.4. The third-order valence-electron chi connectivity index (χ3n) is 3.66. The fourth-order valence-corrected chi connectivity index (χ4v) is 2.61. The van der Waals surface area contributed by atoms with Gasteiger partial charge in [-0.2, -0.15) is 0 Å². The maximum atomic E-state index is 11.9. The SMILES string of the molecule is CC(C)N(CCNC(=O)[C@@H]1CC[C@H](CN)O1)C(C)C.Cl.Cl. The first kappa shape index (κ1) is 23.2. The summed E-state index contributed by atoms with van der Waals surface area (Å²) in [6, 6.07) is 0.975. The molecule has 0 aromatic rings. The van der Waals surface area contributed by atoms with Crippen LogP contribution < -0.4 is 11.1 Å². The van der Waals surface area contributed by atoms with Crippen molar-refractivity contribution in [2.24, 2.45) is 5.73 Å². The largest absolute Gasteiger partial charge is 0.364 e. The molecule has 7 heteroatoms. The summed E-state index contributed by atoms with van der Waals surface area (Å²) in [7, 11) is 0. The zero-order valence-corrected chi connectivity index (χ0v) is 15.1. The number of nitrogens with one attached hydrogen (secondary N) is 1. The second kappa shape index (κ2) is 11.5. The van der Waals surface area contributed by atoms with Crippen LogP contribution in [0, 0.1) is 0 Å². The highest BCUT2D eigenvalue weighted by atomic mass is 35.5. The normalized spacial score (nSPS) is 21.3. The molecule has 1 amide bonds. The quantitative estimate of drug-likeness (QED) is 0.736. The lowest BCUT2D eigenvalue weighted by Gasteiger charge is -2.30. The van der Waals surface area contributed by atoms with Crippen molar-refractivity contribution in [3.63, 3.8) is 0 Å². The van der Waals surface area contributed by atoms with Crippen LogP contribution in [-0.4, -0.2) is 54.7 Å². The molecule has 1 aliphatic heterocycles. The van der Waals surface area contributed by atoms with Gasteiger partial charge in [0.1, 0.15) is 6.10 Å². The Balaban J connectivity index is 0. The molecule has 3 N–H and O–H groups in total. The molecule has 0 unspecified atom stereocenters. The molecular formula is C14H31Cl2N3O2. The Morgan fingerprint density at radius 2 is 1.81 bits per heavy atom. The summed E-state index contributed by atoms with van der Waals surface area (Å²) in [5, 5.41) is 2.96. The van der Waals surface area contributed by atoms with Crippen LogP contribution in [0.25, 0.3) is 0 Å². The minimum absolute atomic E-state index is 0. The first-order chi connectivity index (χ1) is 8.95. The Hall–Kier alpha value is -0.0700. The molecule has 1 aliphatic rings. The number of nitrogens with zero attached hydrogens (tertiary/aromatic N) is 1. The van der Waals surface area contributed by atoms with Crippen molar-refractivity contribution < 1.29 is 9.53 Å². The topological polar surface area (TPSA) is 67.6 Å². The van der Waals surface area contributed by atoms with Crippen LogP contribution in [0.3, 0.4) is 0 Å². The molecule has 0 radical (unpaired) electrons. The van der Waals surface area contributed by atoms with Crippen LogP contribution in [-0.2, 0) is 9.53 Å². The van der Waals surface area contributed by atoms with E-state index >= 15 is 0 Å². The molecular weight excluding hydrogens is 313 g/mol. The number of ether oxygens (including phenoxy) is 1. The molecule has 0 bridgehead atoms. The minimum Gasteiger partial charge on any atom is -0.364 e. The smallest absolute Gasteiger partial charge is 0.249 e. The number of carbonyl (C=O) groups excluding carboxylic acids is 1. The molecule has 2 atom stereocenters. The fourth-order valence-electron chi connectivity index (χ4n) is 2.61. The van der Waals surface area contributed by atoms with Gasteiger partial charge < -0.3 is 15.8 Å². The molecule has 0 aromatic heterocycles. The molecule has 1 saturated heterocycles. The Bertz CT molecular complexity index is 283. The van der Waals surface area contributed by atoms with E-state index in [0.29, 0.717) is 25.2 Å². The highest BCUT2D eigenvalue weighted by molar-refractivity contribution is 5.85. The van der Waals surface area contributed by atoms with Gasteiger partial charge in [0.2, 0.25) is 5.91 Å². The zero-order valence-electron chi connectivity index (χ0n) is 13.5. The molecule has 5 nitrogen and oxygen atoms in total. The van der Waals surface area contributed by atoms with E-state index in [1.54, 1.807) is 0 Å². The molecule has 1 rings (SSSR count). The van der Waals surface area contributed by atoms with E-state index in [0.717, 1.165) is 19.4 Å². The van der Waals surface area contributed by atoms with Crippen molar-refractivity contribution in [1.82, 2.24) is 10.2 Å². The van der Waals surface area contributed by atoms with Crippen LogP contribution in [0.4, 0.5) is 0 Å². The second-order valence-electron chi connectivity index (χ2n) is 5.78. The molecule has 21 heavy (non-hydrogen) atoms. The molecule has 0 saturated carbocycles. The lowest BCUT2D eigenvalue weighted by atomic mass is 10.2. The number of hydrogen-bond donors (Lipinski definition) is 2. The molecule has 1 fully saturated rings. The van der Waals surface area contributed by atoms with Crippen molar-refractivity contribution in [1.29, 1.82) is 0 Å². The number of amides is 1. The Morgan fingerprint density at radius 3 is 2.24 bits per heavy atom. The predicted octanol–water partition coefficient (Wildman–Crippen LogP) is 1.57. The van der Waals surface area contributed by atoms with Crippen molar-refractivity contribution in [2.45, 2.75) is 64.8 Å². The van der Waals surface area contributed by atoms with Gasteiger partial charge in [0.05, 0.1) is 6.10 Å². The van der Waals surface area contributed by atoms with Gasteiger partial charge in [0, 0.05) is 31.7 Å². The van der Waals surface area contributed by atoms with Gasteiger partial charge >= 0.3 is 0 Å². The molecule has 1 heterocycles. The van der Waals surface area contributed by atoms with Crippen molar-refractivity contribution in [3.05, 3.63) is 0 Å². The van der Waals surface area contributed by atoms with Crippen LogP contribution in [0.2, 0.25) is 0 Å². The second-order valence-corrected chi connectivity index (χ2v) is 5.78. The van der Waals surface area contributed by atoms with Gasteiger partial charge in [-0.25, -0.2) is 0 Å². The van der Waals surface area contributed by atoms with E-state index in [1.165, 1.54) is 0 Å². The van der Waals surface area contributed by atoms with Gasteiger partial charge in [-0.15, -0.1) is 24.8 Å². The lowest BCUT2D eigenvalue weighted by Crippen LogP contribution is -2.44. The van der Waals surface area contributed by atoms with Gasteiger partial charge in [-0.3, -0.25) is 9.69 Å². The number of carbonyl (C=O) groups is 1. The summed E-state index contributed by atoms with van der Waals surface area (Å²) < 4.78 is 5.57. The maximum absolute atomic E-state index is 11.9. The molecule has 0 spiro atoms. The van der Waals surface area contributed by atoms with Crippen LogP contribution in [0.15, 0.2) is 0 Å². The Morgan fingerprint density at radius 1 is 1.24 bits per heavy atom. The summed E-state index contributed by atoms with van der Waals surface area (Å²) in [5.41, 5.74) is 5.54. The molecule has 0 aromatic carbocycles. The lowest BCUT2D eigenvalue weighted by molar-refractivity contribution is -0.131. The van der Waals surface area contributed by atoms with Gasteiger partial charge in [-0.1, -0.05) is 0 Å². The predicted molar refractivity (Wildman–Crippen MR) is 91.4 cm³/mol. The summed E-state index contributed by atoms with van der Waals surface area (Å²) >= 11 is 0. The van der Waals surface area contributed by atoms with Gasteiger partial charge in [-0.05, 0) is 40.5 Å². The number of rotatable bonds is 7. The maximum Gasteiger partial charge on any atom is 0.249 e. The molecule has 0 aliphatic carbocycles. The van der Waals surface area contributed by atoms with Crippen molar-refractivity contribution in [3.8, 4) is 0 Å². The average Bonchev–Trinajstić information content (AvgIpc) is 2.82. The van der Waals surface area contributed by atoms with E-state index in [1.807, 2.05) is 0 Å². The number of nitrogens with two attached hydrogens (primary N) is 1. The molecule has 128 valence electrons. The highest BCUT2D eigenvalue weighted by Crippen LogP contribution is 2.18. The van der Waals surface area contributed by atoms with E-state index in [-0.39, 0.29) is 42.9 Å². The number of halogens is 2. The summed E-state index contributed by atoms with van der Waals surface area (Å²) in [6.45, 7) is 10.7. The van der Waals surface area contributed by atoms with Crippen LogP contribution in [0.1, 0.15) is 40.5 Å². The standard InChI is InChI=1S/C14H29N3O2.2ClH/c1-10(2)17(11(3)4)8-7-16-14(18)13-6-5-12(9-15)19-13;;/h10-13H,5-9,15H2,1-4H3,(H,16,18);2*1H/t12-,13+;;/m1../s1. The van der Waals surface area contributed by atoms with E-state index in [4.69, 9.17) is 10.5 Å². The van der Waals surface area contributed by atoms with E-state index < -0.39 is 0 Å². The summed E-state index contributed by atoms with van der Waals surface area (Å²) in [5.74, 6) is 0.00316. The third-order valence-corrected chi connectivity index (χ3v) is 3.66. The Kier molecular flexibility index (Phi) is 12.7. The fraction of sp³-hybridized carbons (Fsp3) is 0.929. The monoisotopic (exact) mass is 343 g/mol. The summed E-state index contributed by atoms with van der Waals surface area (Å²) in [4.78, 5) is 14.3. The highest BCUT2D eigenvalue weighted by Gasteiger charge is 2.29. The van der Waals surface area contributed by atoms with Crippen LogP contribution >= 0.6 is 24.8 Å². The third kappa shape index (κ3) is 7.66. The number of hydrogen-bond acceptors (Lipinski definition) is 4. The Labute approximate surface area is 141 Å². The van der Waals surface area contributed by atoms with Crippen LogP contribution in [0.5, 0.6) is 0 Å². The van der Waals surface area contributed by atoms with E-state index in [2.05, 4.69) is 37.9 Å². The van der Waals surface area contributed by atoms with Gasteiger partial charge in [0.25, 0.3) is 0 Å². The first-order valence-corrected chi connectivity index (χ1v) is 7.34. The average molecular weight is 344 g/mol. The van der Waals surface area contributed by atoms with Gasteiger partial charge in [0.15, 0.2) is 0 Å². The van der Waals surface area contributed by atoms with Crippen molar-refractivity contribution >= 4 is 30.7 Å².